The van der Waals surface area contributed by atoms with Crippen molar-refractivity contribution in [3.05, 3.63) is 12.3 Å². The standard InChI is InChI=1S/C7H12N2O2/c1-3-4-6(10)9-5(2)7(8)11/h2-4H2,1H3,(H2,8,11)(H,9,10). The molecule has 0 rings (SSSR count). The lowest BCUT2D eigenvalue weighted by molar-refractivity contribution is -0.122. The Kier molecular flexibility index (Phi) is 3.95. The summed E-state index contributed by atoms with van der Waals surface area (Å²) in [4.78, 5) is 21.1. The molecule has 0 heterocycles. The molecule has 0 saturated carbocycles. The topological polar surface area (TPSA) is 72.2 Å². The maximum absolute atomic E-state index is 10.8. The van der Waals surface area contributed by atoms with Crippen LogP contribution in [0.4, 0.5) is 0 Å². The summed E-state index contributed by atoms with van der Waals surface area (Å²) < 4.78 is 0. The molecule has 2 amide bonds. The number of carbonyl (C=O) groups is 2. The van der Waals surface area contributed by atoms with Gasteiger partial charge in [-0.25, -0.2) is 0 Å². The molecule has 62 valence electrons. The molecule has 4 nitrogen and oxygen atoms in total. The van der Waals surface area contributed by atoms with E-state index in [2.05, 4.69) is 11.9 Å². The van der Waals surface area contributed by atoms with E-state index in [-0.39, 0.29) is 11.6 Å². The number of nitrogens with one attached hydrogen (secondary N) is 1. The normalized spacial score (nSPS) is 8.82. The first-order valence-electron chi connectivity index (χ1n) is 3.36. The third-order valence-corrected chi connectivity index (χ3v) is 1.06. The first kappa shape index (κ1) is 9.68. The van der Waals surface area contributed by atoms with Crippen LogP contribution in [0.25, 0.3) is 0 Å². The van der Waals surface area contributed by atoms with Crippen LogP contribution >= 0.6 is 0 Å². The van der Waals surface area contributed by atoms with Gasteiger partial charge in [0.1, 0.15) is 0 Å². The lowest BCUT2D eigenvalue weighted by Crippen LogP contribution is -2.30. The molecule has 0 bridgehead atoms. The minimum absolute atomic E-state index is 0.0524. The van der Waals surface area contributed by atoms with Crippen LogP contribution in [0.5, 0.6) is 0 Å². The van der Waals surface area contributed by atoms with Gasteiger partial charge in [0, 0.05) is 6.42 Å². The van der Waals surface area contributed by atoms with Crippen LogP contribution in [0.2, 0.25) is 0 Å². The average Bonchev–Trinajstić information content (AvgIpc) is 1.87. The second-order valence-corrected chi connectivity index (χ2v) is 2.14. The molecule has 0 spiro atoms. The van der Waals surface area contributed by atoms with Gasteiger partial charge in [-0.15, -0.1) is 0 Å². The quantitative estimate of drug-likeness (QED) is 0.558. The molecule has 0 atom stereocenters. The van der Waals surface area contributed by atoms with Crippen molar-refractivity contribution in [2.24, 2.45) is 5.73 Å². The molecule has 0 aliphatic rings. The fourth-order valence-corrected chi connectivity index (χ4v) is 0.519. The van der Waals surface area contributed by atoms with Crippen LogP contribution in [0, 0.1) is 0 Å². The summed E-state index contributed by atoms with van der Waals surface area (Å²) in [6, 6.07) is 0. The van der Waals surface area contributed by atoms with Crippen molar-refractivity contribution in [3.63, 3.8) is 0 Å². The number of hydrogen-bond acceptors (Lipinski definition) is 2. The highest BCUT2D eigenvalue weighted by molar-refractivity contribution is 5.95. The van der Waals surface area contributed by atoms with Gasteiger partial charge in [-0.1, -0.05) is 13.5 Å². The highest BCUT2D eigenvalue weighted by Gasteiger charge is 2.04. The number of hydrogen-bond donors (Lipinski definition) is 2. The summed E-state index contributed by atoms with van der Waals surface area (Å²) in [5.74, 6) is -0.925. The van der Waals surface area contributed by atoms with Crippen LogP contribution in [0.15, 0.2) is 12.3 Å². The van der Waals surface area contributed by atoms with Gasteiger partial charge in [-0.2, -0.15) is 0 Å². The Morgan fingerprint density at radius 2 is 2.09 bits per heavy atom. The van der Waals surface area contributed by atoms with Crippen molar-refractivity contribution in [2.45, 2.75) is 19.8 Å². The maximum atomic E-state index is 10.8. The molecular formula is C7H12N2O2. The molecule has 0 aromatic carbocycles. The van der Waals surface area contributed by atoms with E-state index in [4.69, 9.17) is 5.73 Å². The minimum atomic E-state index is -0.700. The van der Waals surface area contributed by atoms with Crippen LogP contribution in [0.3, 0.4) is 0 Å². The van der Waals surface area contributed by atoms with E-state index < -0.39 is 5.91 Å². The smallest absolute Gasteiger partial charge is 0.264 e. The molecular weight excluding hydrogens is 144 g/mol. The number of amides is 2. The molecule has 0 aliphatic carbocycles. The lowest BCUT2D eigenvalue weighted by Gasteiger charge is -2.02. The maximum Gasteiger partial charge on any atom is 0.264 e. The SMILES string of the molecule is C=C(NC(=O)CCC)C(N)=O. The third-order valence-electron chi connectivity index (χ3n) is 1.06. The molecule has 3 N–H and O–H groups in total. The third kappa shape index (κ3) is 4.13. The molecule has 0 aliphatic heterocycles. The molecule has 0 aromatic rings. The minimum Gasteiger partial charge on any atom is -0.364 e. The number of primary amides is 1. The van der Waals surface area contributed by atoms with Crippen molar-refractivity contribution >= 4 is 11.8 Å². The van der Waals surface area contributed by atoms with E-state index in [9.17, 15) is 9.59 Å². The van der Waals surface area contributed by atoms with E-state index in [0.29, 0.717) is 6.42 Å². The Bertz CT molecular complexity index is 187. The molecule has 0 aromatic heterocycles. The molecule has 0 radical (unpaired) electrons. The van der Waals surface area contributed by atoms with Crippen LogP contribution in [-0.4, -0.2) is 11.8 Å². The molecule has 4 heteroatoms. The van der Waals surface area contributed by atoms with Gasteiger partial charge in [0.15, 0.2) is 0 Å². The van der Waals surface area contributed by atoms with Gasteiger partial charge in [0.25, 0.3) is 5.91 Å². The highest BCUT2D eigenvalue weighted by Crippen LogP contribution is 1.88. The zero-order valence-corrected chi connectivity index (χ0v) is 6.52. The van der Waals surface area contributed by atoms with Gasteiger partial charge >= 0.3 is 0 Å². The van der Waals surface area contributed by atoms with Crippen LogP contribution in [-0.2, 0) is 9.59 Å². The Hall–Kier alpha value is -1.32. The largest absolute Gasteiger partial charge is 0.364 e. The fraction of sp³-hybridized carbons (Fsp3) is 0.429. The van der Waals surface area contributed by atoms with E-state index in [1.165, 1.54) is 0 Å². The second-order valence-electron chi connectivity index (χ2n) is 2.14. The van der Waals surface area contributed by atoms with Crippen LogP contribution in [0.1, 0.15) is 19.8 Å². The Morgan fingerprint density at radius 3 is 2.45 bits per heavy atom. The molecule has 11 heavy (non-hydrogen) atoms. The zero-order chi connectivity index (χ0) is 8.85. The van der Waals surface area contributed by atoms with Gasteiger partial charge in [-0.05, 0) is 6.42 Å². The van der Waals surface area contributed by atoms with Crippen molar-refractivity contribution in [3.8, 4) is 0 Å². The summed E-state index contributed by atoms with van der Waals surface area (Å²) >= 11 is 0. The fourth-order valence-electron chi connectivity index (χ4n) is 0.519. The van der Waals surface area contributed by atoms with Crippen LogP contribution < -0.4 is 11.1 Å². The second kappa shape index (κ2) is 4.49. The number of carbonyl (C=O) groups excluding carboxylic acids is 2. The summed E-state index contributed by atoms with van der Waals surface area (Å²) in [6.07, 6.45) is 1.12. The van der Waals surface area contributed by atoms with E-state index in [1.807, 2.05) is 6.92 Å². The average molecular weight is 156 g/mol. The van der Waals surface area contributed by atoms with Crippen molar-refractivity contribution in [1.82, 2.24) is 5.32 Å². The Labute approximate surface area is 65.5 Å². The Morgan fingerprint density at radius 1 is 1.55 bits per heavy atom. The summed E-state index contributed by atoms with van der Waals surface area (Å²) in [5, 5.41) is 2.27. The zero-order valence-electron chi connectivity index (χ0n) is 6.52. The monoisotopic (exact) mass is 156 g/mol. The molecule has 0 fully saturated rings. The van der Waals surface area contributed by atoms with Crippen molar-refractivity contribution in [2.75, 3.05) is 0 Å². The van der Waals surface area contributed by atoms with Gasteiger partial charge in [-0.3, -0.25) is 9.59 Å². The van der Waals surface area contributed by atoms with E-state index >= 15 is 0 Å². The predicted molar refractivity (Wildman–Crippen MR) is 41.4 cm³/mol. The van der Waals surface area contributed by atoms with Gasteiger partial charge in [0.05, 0.1) is 5.70 Å². The predicted octanol–water partition coefficient (Wildman–Crippen LogP) is -0.0983. The summed E-state index contributed by atoms with van der Waals surface area (Å²) in [6.45, 7) is 5.14. The Balaban J connectivity index is 3.76. The van der Waals surface area contributed by atoms with E-state index in [0.717, 1.165) is 6.42 Å². The van der Waals surface area contributed by atoms with Crippen molar-refractivity contribution < 1.29 is 9.59 Å². The summed E-state index contributed by atoms with van der Waals surface area (Å²) in [7, 11) is 0. The molecule has 0 unspecified atom stereocenters. The van der Waals surface area contributed by atoms with Gasteiger partial charge < -0.3 is 11.1 Å². The molecule has 0 saturated heterocycles. The van der Waals surface area contributed by atoms with Crippen molar-refractivity contribution in [1.29, 1.82) is 0 Å². The number of rotatable bonds is 4. The lowest BCUT2D eigenvalue weighted by atomic mass is 10.3. The number of nitrogens with two attached hydrogens (primary N) is 1. The first-order chi connectivity index (χ1) is 5.07. The van der Waals surface area contributed by atoms with Gasteiger partial charge in [0.2, 0.25) is 5.91 Å². The van der Waals surface area contributed by atoms with E-state index in [1.54, 1.807) is 0 Å². The first-order valence-corrected chi connectivity index (χ1v) is 3.36. The summed E-state index contributed by atoms with van der Waals surface area (Å²) in [5.41, 5.74) is 4.77. The highest BCUT2D eigenvalue weighted by atomic mass is 16.2.